The third kappa shape index (κ3) is 5.28. The molecular formula is C34H57N3O3. The van der Waals surface area contributed by atoms with E-state index >= 15 is 0 Å². The van der Waals surface area contributed by atoms with Crippen LogP contribution < -0.4 is 11.1 Å². The van der Waals surface area contributed by atoms with Crippen molar-refractivity contribution >= 4 is 5.96 Å². The van der Waals surface area contributed by atoms with Crippen molar-refractivity contribution in [2.24, 2.45) is 51.1 Å². The van der Waals surface area contributed by atoms with Crippen LogP contribution in [0.1, 0.15) is 117 Å². The van der Waals surface area contributed by atoms with Crippen molar-refractivity contribution in [3.63, 3.8) is 0 Å². The average Bonchev–Trinajstić information content (AvgIpc) is 3.22. The molecular weight excluding hydrogens is 498 g/mol. The molecule has 40 heavy (non-hydrogen) atoms. The number of allylic oxidation sites excluding steroid dienone is 1. The van der Waals surface area contributed by atoms with Crippen molar-refractivity contribution in [3.8, 4) is 0 Å². The number of aliphatic imine (C=N–C) groups is 1. The lowest BCUT2D eigenvalue weighted by Gasteiger charge is -2.58. The number of guanidine groups is 1. The number of nitrogens with two attached hydrogens (primary N) is 1. The number of ether oxygens (including phenoxy) is 1. The van der Waals surface area contributed by atoms with E-state index in [4.69, 9.17) is 17.0 Å². The highest BCUT2D eigenvalue weighted by Gasteiger charge is 2.66. The minimum Gasteiger partial charge on any atom is -0.393 e. The van der Waals surface area contributed by atoms with E-state index in [2.05, 4.69) is 24.2 Å². The number of nitrogens with zero attached hydrogens (tertiary/aromatic N) is 1. The zero-order valence-electron chi connectivity index (χ0n) is 25.6. The topological polar surface area (TPSA) is 103 Å². The van der Waals surface area contributed by atoms with Gasteiger partial charge in [0.15, 0.2) is 5.96 Å². The lowest BCUT2D eigenvalue weighted by atomic mass is 9.46. The normalized spacial score (nSPS) is 50.9. The lowest BCUT2D eigenvalue weighted by molar-refractivity contribution is -0.0693. The van der Waals surface area contributed by atoms with Gasteiger partial charge in [0.2, 0.25) is 0 Å². The van der Waals surface area contributed by atoms with Crippen LogP contribution in [0.4, 0.5) is 0 Å². The van der Waals surface area contributed by atoms with Crippen LogP contribution in [-0.4, -0.2) is 53.2 Å². The van der Waals surface area contributed by atoms with Gasteiger partial charge in [-0.3, -0.25) is 4.99 Å². The molecule has 5 saturated carbocycles. The fraction of sp³-hybridized carbons (Fsp3) is 0.912. The first kappa shape index (κ1) is 29.0. The first-order valence-corrected chi connectivity index (χ1v) is 16.7. The van der Waals surface area contributed by atoms with Gasteiger partial charge in [0.05, 0.1) is 23.4 Å². The number of nitrogens with one attached hydrogen (secondary N) is 1. The molecule has 5 N–H and O–H groups in total. The third-order valence-electron chi connectivity index (χ3n) is 13.3. The van der Waals surface area contributed by atoms with Crippen LogP contribution in [0.15, 0.2) is 17.1 Å². The highest BCUT2D eigenvalue weighted by atomic mass is 16.6. The Balaban J connectivity index is 1.09. The molecule has 0 bridgehead atoms. The number of epoxide rings is 1. The summed E-state index contributed by atoms with van der Waals surface area (Å²) in [5, 5.41) is 24.6. The van der Waals surface area contributed by atoms with Gasteiger partial charge in [-0.25, -0.2) is 0 Å². The van der Waals surface area contributed by atoms with E-state index in [-0.39, 0.29) is 17.1 Å². The van der Waals surface area contributed by atoms with E-state index < -0.39 is 5.60 Å². The van der Waals surface area contributed by atoms with Crippen LogP contribution in [0, 0.1) is 40.4 Å². The first-order chi connectivity index (χ1) is 19.0. The molecule has 6 fully saturated rings. The van der Waals surface area contributed by atoms with Gasteiger partial charge in [0.1, 0.15) is 0 Å². The van der Waals surface area contributed by atoms with E-state index in [1.54, 1.807) is 7.05 Å². The highest BCUT2D eigenvalue weighted by Crippen LogP contribution is 2.69. The molecule has 1 aliphatic heterocycles. The summed E-state index contributed by atoms with van der Waals surface area (Å²) in [6.07, 6.45) is 17.7. The first-order valence-electron chi connectivity index (χ1n) is 16.7. The standard InChI is InChI=1S/C34H57N3O3/c1-22-17-33(14-9-23(18-33)10-15-34(39)12-5-6-26(38)19-34)29-32(3,40-29)13-11-28-27(22)20-31(28,2)25-8-7-24(16-25)21-37-30(35)36-4/h23-29,38-39H,1,5-21H2,2-4H3,(H3,35,36,37)/t23-,24-,25+,26-,27+,28+,29+,31+,32+,33+,34-/m0/s1. The number of fused-ring (bicyclic) bond motifs is 3. The number of aliphatic hydroxyl groups is 2. The molecule has 6 nitrogen and oxygen atoms in total. The van der Waals surface area contributed by atoms with Crippen LogP contribution in [0.2, 0.25) is 0 Å². The summed E-state index contributed by atoms with van der Waals surface area (Å²) in [4.78, 5) is 4.07. The van der Waals surface area contributed by atoms with Gasteiger partial charge in [0.25, 0.3) is 0 Å². The predicted octanol–water partition coefficient (Wildman–Crippen LogP) is 5.71. The van der Waals surface area contributed by atoms with E-state index in [0.29, 0.717) is 41.7 Å². The SMILES string of the molecule is C=C1C[C@@]2(CC[C@@H](CC[C@@]3(O)CCC[C@H](O)C3)C2)[C@@H]2O[C@]2(C)CC[C@@H]2[C@@H]1C[C@]2(C)[C@@H]1CC[C@H](CNC(N)=NC)C1. The Kier molecular flexibility index (Phi) is 7.65. The van der Waals surface area contributed by atoms with E-state index in [1.807, 2.05) is 0 Å². The highest BCUT2D eigenvalue weighted by molar-refractivity contribution is 5.77. The zero-order valence-corrected chi connectivity index (χ0v) is 25.6. The molecule has 11 atom stereocenters. The maximum atomic E-state index is 11.1. The van der Waals surface area contributed by atoms with Gasteiger partial charge in [-0.1, -0.05) is 19.1 Å². The van der Waals surface area contributed by atoms with Gasteiger partial charge >= 0.3 is 0 Å². The fourth-order valence-corrected chi connectivity index (χ4v) is 10.9. The summed E-state index contributed by atoms with van der Waals surface area (Å²) < 4.78 is 6.67. The van der Waals surface area contributed by atoms with Crippen LogP contribution in [0.5, 0.6) is 0 Å². The Morgan fingerprint density at radius 1 is 1.07 bits per heavy atom. The van der Waals surface area contributed by atoms with Crippen LogP contribution in [0.25, 0.3) is 0 Å². The summed E-state index contributed by atoms with van der Waals surface area (Å²) in [7, 11) is 1.75. The summed E-state index contributed by atoms with van der Waals surface area (Å²) in [6.45, 7) is 10.8. The van der Waals surface area contributed by atoms with E-state index in [0.717, 1.165) is 56.9 Å². The number of rotatable bonds is 6. The second-order valence-corrected chi connectivity index (χ2v) is 16.0. The molecule has 0 aromatic rings. The molecule has 1 saturated heterocycles. The minimum absolute atomic E-state index is 0.0331. The van der Waals surface area contributed by atoms with Crippen LogP contribution >= 0.6 is 0 Å². The van der Waals surface area contributed by atoms with Crippen molar-refractivity contribution in [2.75, 3.05) is 13.6 Å². The van der Waals surface area contributed by atoms with Crippen LogP contribution in [-0.2, 0) is 4.74 Å². The molecule has 1 spiro atoms. The Morgan fingerprint density at radius 2 is 1.90 bits per heavy atom. The summed E-state index contributed by atoms with van der Waals surface area (Å²) in [5.74, 6) is 4.12. The maximum Gasteiger partial charge on any atom is 0.188 e. The van der Waals surface area contributed by atoms with Gasteiger partial charge in [-0.2, -0.15) is 0 Å². The van der Waals surface area contributed by atoms with Crippen molar-refractivity contribution in [2.45, 2.75) is 140 Å². The molecule has 0 amide bonds. The molecule has 6 heteroatoms. The Bertz CT molecular complexity index is 1000. The second-order valence-electron chi connectivity index (χ2n) is 16.0. The quantitative estimate of drug-likeness (QED) is 0.145. The molecule has 0 radical (unpaired) electrons. The smallest absolute Gasteiger partial charge is 0.188 e. The summed E-state index contributed by atoms with van der Waals surface area (Å²) in [5.41, 5.74) is 7.45. The lowest BCUT2D eigenvalue weighted by Crippen LogP contribution is -2.51. The molecule has 1 heterocycles. The molecule has 5 aliphatic carbocycles. The number of hydrogen-bond donors (Lipinski definition) is 4. The Morgan fingerprint density at radius 3 is 2.67 bits per heavy atom. The van der Waals surface area contributed by atoms with E-state index in [9.17, 15) is 10.2 Å². The fourth-order valence-electron chi connectivity index (χ4n) is 10.9. The van der Waals surface area contributed by atoms with Crippen molar-refractivity contribution in [3.05, 3.63) is 12.2 Å². The Hall–Kier alpha value is -1.11. The number of hydrogen-bond acceptors (Lipinski definition) is 4. The summed E-state index contributed by atoms with van der Waals surface area (Å²) in [6, 6.07) is 0. The number of aliphatic hydroxyl groups excluding tert-OH is 1. The van der Waals surface area contributed by atoms with Gasteiger partial charge in [0, 0.05) is 25.4 Å². The average molecular weight is 556 g/mol. The monoisotopic (exact) mass is 555 g/mol. The molecule has 0 aromatic heterocycles. The van der Waals surface area contributed by atoms with E-state index in [1.165, 1.54) is 63.4 Å². The molecule has 0 unspecified atom stereocenters. The molecule has 6 aliphatic rings. The second kappa shape index (κ2) is 10.6. The van der Waals surface area contributed by atoms with Gasteiger partial charge in [-0.15, -0.1) is 0 Å². The Labute approximate surface area is 243 Å². The predicted molar refractivity (Wildman–Crippen MR) is 161 cm³/mol. The summed E-state index contributed by atoms with van der Waals surface area (Å²) >= 11 is 0. The maximum absolute atomic E-state index is 11.1. The third-order valence-corrected chi connectivity index (χ3v) is 13.3. The van der Waals surface area contributed by atoms with Crippen LogP contribution in [0.3, 0.4) is 0 Å². The largest absolute Gasteiger partial charge is 0.393 e. The molecule has 0 aromatic carbocycles. The molecule has 226 valence electrons. The van der Waals surface area contributed by atoms with Crippen molar-refractivity contribution < 1.29 is 14.9 Å². The molecule has 6 rings (SSSR count). The zero-order chi connectivity index (χ0) is 28.3. The van der Waals surface area contributed by atoms with Gasteiger partial charge < -0.3 is 26.0 Å². The van der Waals surface area contributed by atoms with Gasteiger partial charge in [-0.05, 0) is 138 Å². The van der Waals surface area contributed by atoms with Crippen molar-refractivity contribution in [1.82, 2.24) is 5.32 Å². The van der Waals surface area contributed by atoms with Crippen molar-refractivity contribution in [1.29, 1.82) is 0 Å². The minimum atomic E-state index is -0.658.